The molecule has 0 aliphatic carbocycles. The molecular formula is C18H25NO. The topological polar surface area (TPSA) is 21.3 Å². The van der Waals surface area contributed by atoms with Crippen molar-refractivity contribution in [2.24, 2.45) is 5.41 Å². The number of benzene rings is 1. The molecule has 0 heterocycles. The van der Waals surface area contributed by atoms with Gasteiger partial charge in [-0.15, -0.1) is 0 Å². The summed E-state index contributed by atoms with van der Waals surface area (Å²) in [4.78, 5) is 0. The predicted molar refractivity (Wildman–Crippen MR) is 85.8 cm³/mol. The lowest BCUT2D eigenvalue weighted by Crippen LogP contribution is -2.18. The number of rotatable bonds is 5. The fourth-order valence-corrected chi connectivity index (χ4v) is 1.65. The van der Waals surface area contributed by atoms with Gasteiger partial charge in [-0.25, -0.2) is 0 Å². The first-order valence-corrected chi connectivity index (χ1v) is 6.97. The molecule has 108 valence electrons. The maximum absolute atomic E-state index is 5.23. The Balaban J connectivity index is 2.45. The number of nitrogens with one attached hydrogen (secondary N) is 1. The minimum atomic E-state index is 0.0612. The van der Waals surface area contributed by atoms with Crippen molar-refractivity contribution in [2.75, 3.05) is 13.7 Å². The van der Waals surface area contributed by atoms with Gasteiger partial charge in [0.2, 0.25) is 0 Å². The lowest BCUT2D eigenvalue weighted by Gasteiger charge is -2.13. The molecular weight excluding hydrogens is 246 g/mol. The molecule has 0 radical (unpaired) electrons. The first kappa shape index (κ1) is 16.3. The van der Waals surface area contributed by atoms with Gasteiger partial charge in [0.25, 0.3) is 0 Å². The van der Waals surface area contributed by atoms with Crippen molar-refractivity contribution in [1.29, 1.82) is 0 Å². The highest BCUT2D eigenvalue weighted by Gasteiger charge is 2.04. The van der Waals surface area contributed by atoms with E-state index in [0.29, 0.717) is 0 Å². The number of ether oxygens (including phenoxy) is 1. The molecule has 1 aromatic rings. The molecule has 0 spiro atoms. The molecule has 0 aliphatic rings. The normalized spacial score (nSPS) is 12.8. The Bertz CT molecular complexity index is 500. The second-order valence-corrected chi connectivity index (χ2v) is 5.83. The van der Waals surface area contributed by atoms with Gasteiger partial charge in [-0.2, -0.15) is 0 Å². The van der Waals surface area contributed by atoms with Crippen LogP contribution in [0.15, 0.2) is 36.4 Å². The second-order valence-electron chi connectivity index (χ2n) is 5.83. The fraction of sp³-hybridized carbons (Fsp3) is 0.444. The largest absolute Gasteiger partial charge is 0.497 e. The monoisotopic (exact) mass is 271 g/mol. The summed E-state index contributed by atoms with van der Waals surface area (Å²) >= 11 is 0. The Morgan fingerprint density at radius 3 is 2.75 bits per heavy atom. The van der Waals surface area contributed by atoms with Crippen LogP contribution in [0.5, 0.6) is 5.75 Å². The average molecular weight is 271 g/mol. The SMILES string of the molecule is COc1cccc(C(C)NC/C=C/C#CC(C)(C)C)c1. The van der Waals surface area contributed by atoms with Crippen LogP contribution >= 0.6 is 0 Å². The van der Waals surface area contributed by atoms with Crippen LogP contribution in [0.25, 0.3) is 0 Å². The zero-order valence-corrected chi connectivity index (χ0v) is 13.2. The molecule has 2 nitrogen and oxygen atoms in total. The maximum Gasteiger partial charge on any atom is 0.119 e. The molecule has 2 heteroatoms. The Morgan fingerprint density at radius 1 is 1.35 bits per heavy atom. The average Bonchev–Trinajstić information content (AvgIpc) is 2.41. The van der Waals surface area contributed by atoms with Crippen molar-refractivity contribution in [3.63, 3.8) is 0 Å². The van der Waals surface area contributed by atoms with Crippen LogP contribution in [-0.2, 0) is 0 Å². The maximum atomic E-state index is 5.23. The summed E-state index contributed by atoms with van der Waals surface area (Å²) in [6, 6.07) is 8.41. The molecule has 1 aromatic carbocycles. The summed E-state index contributed by atoms with van der Waals surface area (Å²) in [5, 5.41) is 3.44. The Kier molecular flexibility index (Phi) is 6.35. The third-order valence-corrected chi connectivity index (χ3v) is 2.78. The van der Waals surface area contributed by atoms with E-state index in [2.05, 4.69) is 63.1 Å². The molecule has 0 amide bonds. The summed E-state index contributed by atoms with van der Waals surface area (Å²) in [5.41, 5.74) is 1.28. The lowest BCUT2D eigenvalue weighted by atomic mass is 9.98. The summed E-state index contributed by atoms with van der Waals surface area (Å²) in [5.74, 6) is 7.13. The van der Waals surface area contributed by atoms with Crippen molar-refractivity contribution >= 4 is 0 Å². The molecule has 1 unspecified atom stereocenters. The van der Waals surface area contributed by atoms with Gasteiger partial charge >= 0.3 is 0 Å². The van der Waals surface area contributed by atoms with E-state index in [4.69, 9.17) is 4.74 Å². The van der Waals surface area contributed by atoms with E-state index in [1.807, 2.05) is 18.2 Å². The fourth-order valence-electron chi connectivity index (χ4n) is 1.65. The minimum absolute atomic E-state index is 0.0612. The quantitative estimate of drug-likeness (QED) is 0.819. The van der Waals surface area contributed by atoms with E-state index >= 15 is 0 Å². The molecule has 1 N–H and O–H groups in total. The van der Waals surface area contributed by atoms with Crippen molar-refractivity contribution in [3.8, 4) is 17.6 Å². The zero-order chi connectivity index (χ0) is 15.0. The first-order chi connectivity index (χ1) is 9.42. The third-order valence-electron chi connectivity index (χ3n) is 2.78. The van der Waals surface area contributed by atoms with E-state index in [1.54, 1.807) is 7.11 Å². The number of allylic oxidation sites excluding steroid dienone is 1. The van der Waals surface area contributed by atoms with Gasteiger partial charge < -0.3 is 10.1 Å². The first-order valence-electron chi connectivity index (χ1n) is 6.97. The summed E-state index contributed by atoms with van der Waals surface area (Å²) in [6.45, 7) is 9.27. The van der Waals surface area contributed by atoms with Crippen LogP contribution in [0.4, 0.5) is 0 Å². The van der Waals surface area contributed by atoms with E-state index in [9.17, 15) is 0 Å². The second kappa shape index (κ2) is 7.77. The summed E-state index contributed by atoms with van der Waals surface area (Å²) < 4.78 is 5.23. The highest BCUT2D eigenvalue weighted by Crippen LogP contribution is 2.18. The van der Waals surface area contributed by atoms with Gasteiger partial charge in [-0.1, -0.05) is 30.0 Å². The molecule has 0 saturated carbocycles. The Hall–Kier alpha value is -1.72. The highest BCUT2D eigenvalue weighted by atomic mass is 16.5. The molecule has 0 saturated heterocycles. The van der Waals surface area contributed by atoms with Crippen LogP contribution in [0, 0.1) is 17.3 Å². The van der Waals surface area contributed by atoms with Gasteiger partial charge in [0.15, 0.2) is 0 Å². The zero-order valence-electron chi connectivity index (χ0n) is 13.2. The number of methoxy groups -OCH3 is 1. The summed E-state index contributed by atoms with van der Waals surface area (Å²) in [7, 11) is 1.69. The van der Waals surface area contributed by atoms with Gasteiger partial charge in [-0.3, -0.25) is 0 Å². The number of hydrogen-bond acceptors (Lipinski definition) is 2. The van der Waals surface area contributed by atoms with Crippen molar-refractivity contribution in [1.82, 2.24) is 5.32 Å². The van der Waals surface area contributed by atoms with Gasteiger partial charge in [-0.05, 0) is 51.5 Å². The van der Waals surface area contributed by atoms with Crippen molar-refractivity contribution < 1.29 is 4.74 Å². The lowest BCUT2D eigenvalue weighted by molar-refractivity contribution is 0.413. The van der Waals surface area contributed by atoms with Crippen LogP contribution in [0.3, 0.4) is 0 Å². The minimum Gasteiger partial charge on any atom is -0.497 e. The standard InChI is InChI=1S/C18H25NO/c1-15(16-10-9-11-17(14-16)20-5)19-13-8-6-7-12-18(2,3)4/h6,8-11,14-15,19H,13H2,1-5H3/b8-6+. The van der Waals surface area contributed by atoms with Crippen molar-refractivity contribution in [3.05, 3.63) is 42.0 Å². The molecule has 1 atom stereocenters. The number of hydrogen-bond donors (Lipinski definition) is 1. The highest BCUT2D eigenvalue weighted by molar-refractivity contribution is 5.30. The van der Waals surface area contributed by atoms with E-state index in [1.165, 1.54) is 5.56 Å². The van der Waals surface area contributed by atoms with E-state index in [0.717, 1.165) is 12.3 Å². The third kappa shape index (κ3) is 6.45. The van der Waals surface area contributed by atoms with Crippen molar-refractivity contribution in [2.45, 2.75) is 33.7 Å². The molecule has 0 bridgehead atoms. The smallest absolute Gasteiger partial charge is 0.119 e. The van der Waals surface area contributed by atoms with E-state index in [-0.39, 0.29) is 11.5 Å². The van der Waals surface area contributed by atoms with E-state index < -0.39 is 0 Å². The van der Waals surface area contributed by atoms with Gasteiger partial charge in [0.1, 0.15) is 5.75 Å². The summed E-state index contributed by atoms with van der Waals surface area (Å²) in [6.07, 6.45) is 3.96. The van der Waals surface area contributed by atoms with Gasteiger partial charge in [0, 0.05) is 18.0 Å². The molecule has 0 fully saturated rings. The predicted octanol–water partition coefficient (Wildman–Crippen LogP) is 3.95. The van der Waals surface area contributed by atoms with Crippen LogP contribution < -0.4 is 10.1 Å². The van der Waals surface area contributed by atoms with Gasteiger partial charge in [0.05, 0.1) is 7.11 Å². The van der Waals surface area contributed by atoms with Crippen LogP contribution in [0.1, 0.15) is 39.3 Å². The Morgan fingerprint density at radius 2 is 2.10 bits per heavy atom. The molecule has 0 aromatic heterocycles. The Labute approximate surface area is 123 Å². The van der Waals surface area contributed by atoms with Crippen LogP contribution in [-0.4, -0.2) is 13.7 Å². The molecule has 1 rings (SSSR count). The van der Waals surface area contributed by atoms with Crippen LogP contribution in [0.2, 0.25) is 0 Å². The molecule has 20 heavy (non-hydrogen) atoms. The molecule has 0 aliphatic heterocycles.